The molecule has 2 aromatic rings. The molecule has 0 unspecified atom stereocenters. The van der Waals surface area contributed by atoms with Crippen LogP contribution < -0.4 is 0 Å². The van der Waals surface area contributed by atoms with Gasteiger partial charge in [0.05, 0.1) is 0 Å². The number of hydrogen-bond acceptors (Lipinski definition) is 4. The quantitative estimate of drug-likeness (QED) is 0.696. The van der Waals surface area contributed by atoms with E-state index in [1.165, 1.54) is 6.08 Å². The van der Waals surface area contributed by atoms with Crippen molar-refractivity contribution >= 4 is 24.0 Å². The van der Waals surface area contributed by atoms with Gasteiger partial charge in [0.1, 0.15) is 5.75 Å². The second kappa shape index (κ2) is 6.10. The molecular weight excluding hydrogens is 278 g/mol. The van der Waals surface area contributed by atoms with Crippen molar-refractivity contribution in [2.24, 2.45) is 4.99 Å². The van der Waals surface area contributed by atoms with Crippen LogP contribution in [0.4, 0.5) is 0 Å². The first-order chi connectivity index (χ1) is 10.7. The maximum Gasteiger partial charge on any atom is 0.363 e. The van der Waals surface area contributed by atoms with Gasteiger partial charge in [-0.1, -0.05) is 48.5 Å². The lowest BCUT2D eigenvalue weighted by molar-refractivity contribution is -0.129. The fourth-order valence-corrected chi connectivity index (χ4v) is 1.99. The predicted molar refractivity (Wildman–Crippen MR) is 85.1 cm³/mol. The Hall–Kier alpha value is -3.14. The van der Waals surface area contributed by atoms with Crippen molar-refractivity contribution in [3.63, 3.8) is 0 Å². The molecular formula is C18H13NO3. The van der Waals surface area contributed by atoms with Crippen molar-refractivity contribution in [3.05, 3.63) is 77.5 Å². The number of aliphatic imine (C=N–C) groups is 1. The number of rotatable bonds is 3. The Labute approximate surface area is 127 Å². The molecule has 22 heavy (non-hydrogen) atoms. The summed E-state index contributed by atoms with van der Waals surface area (Å²) in [5.74, 6) is -0.210. The van der Waals surface area contributed by atoms with E-state index >= 15 is 0 Å². The van der Waals surface area contributed by atoms with E-state index in [-0.39, 0.29) is 17.3 Å². The third-order valence-corrected chi connectivity index (χ3v) is 3.08. The number of phenolic OH excluding ortho intramolecular Hbond substituents is 1. The molecule has 0 aromatic heterocycles. The maximum absolute atomic E-state index is 11.8. The number of para-hydroxylation sites is 1. The number of ether oxygens (including phenoxy) is 1. The van der Waals surface area contributed by atoms with Crippen LogP contribution in [0.3, 0.4) is 0 Å². The predicted octanol–water partition coefficient (Wildman–Crippen LogP) is 3.40. The summed E-state index contributed by atoms with van der Waals surface area (Å²) in [5.41, 5.74) is 1.67. The van der Waals surface area contributed by atoms with Gasteiger partial charge in [-0.25, -0.2) is 9.79 Å². The lowest BCUT2D eigenvalue weighted by Crippen LogP contribution is -2.01. The van der Waals surface area contributed by atoms with E-state index in [1.54, 1.807) is 30.3 Å². The zero-order valence-corrected chi connectivity index (χ0v) is 11.6. The fraction of sp³-hybridized carbons (Fsp3) is 0. The van der Waals surface area contributed by atoms with Crippen molar-refractivity contribution in [2.75, 3.05) is 0 Å². The van der Waals surface area contributed by atoms with E-state index in [0.29, 0.717) is 5.56 Å². The molecule has 0 radical (unpaired) electrons. The second-order valence-corrected chi connectivity index (χ2v) is 4.67. The van der Waals surface area contributed by atoms with Gasteiger partial charge in [0, 0.05) is 11.6 Å². The van der Waals surface area contributed by atoms with Gasteiger partial charge < -0.3 is 9.84 Å². The van der Waals surface area contributed by atoms with Crippen LogP contribution in [0, 0.1) is 0 Å². The fourth-order valence-electron chi connectivity index (χ4n) is 1.99. The van der Waals surface area contributed by atoms with Crippen LogP contribution >= 0.6 is 0 Å². The zero-order chi connectivity index (χ0) is 15.4. The van der Waals surface area contributed by atoms with E-state index in [1.807, 2.05) is 36.4 Å². The van der Waals surface area contributed by atoms with Gasteiger partial charge in [0.2, 0.25) is 5.90 Å². The molecule has 0 spiro atoms. The molecule has 1 N–H and O–H groups in total. The standard InChI is InChI=1S/C18H13NO3/c20-16-9-5-4-8-14(16)12-15-18(21)22-17(19-15)11-10-13-6-2-1-3-7-13/h1-12,20H/b11-10-,15-12-. The number of hydrogen-bond donors (Lipinski definition) is 1. The Balaban J connectivity index is 1.83. The molecule has 0 aliphatic carbocycles. The van der Waals surface area contributed by atoms with Gasteiger partial charge in [0.15, 0.2) is 5.70 Å². The number of aromatic hydroxyl groups is 1. The number of benzene rings is 2. The molecule has 4 nitrogen and oxygen atoms in total. The minimum absolute atomic E-state index is 0.0891. The van der Waals surface area contributed by atoms with Crippen LogP contribution in [0.25, 0.3) is 12.2 Å². The normalized spacial score (nSPS) is 16.1. The molecule has 4 heteroatoms. The summed E-state index contributed by atoms with van der Waals surface area (Å²) in [7, 11) is 0. The number of carbonyl (C=O) groups is 1. The summed E-state index contributed by atoms with van der Waals surface area (Å²) < 4.78 is 5.08. The third kappa shape index (κ3) is 3.12. The van der Waals surface area contributed by atoms with Crippen molar-refractivity contribution < 1.29 is 14.6 Å². The Morgan fingerprint density at radius 1 is 0.955 bits per heavy atom. The van der Waals surface area contributed by atoms with Crippen LogP contribution in [0.5, 0.6) is 5.75 Å². The van der Waals surface area contributed by atoms with Gasteiger partial charge in [-0.2, -0.15) is 0 Å². The van der Waals surface area contributed by atoms with Gasteiger partial charge in [-0.3, -0.25) is 0 Å². The van der Waals surface area contributed by atoms with Gasteiger partial charge in [-0.05, 0) is 23.8 Å². The molecule has 0 amide bonds. The first-order valence-corrected chi connectivity index (χ1v) is 6.76. The molecule has 3 rings (SSSR count). The maximum atomic E-state index is 11.8. The average molecular weight is 291 g/mol. The lowest BCUT2D eigenvalue weighted by Gasteiger charge is -1.97. The Bertz CT molecular complexity index is 789. The van der Waals surface area contributed by atoms with Crippen molar-refractivity contribution in [3.8, 4) is 5.75 Å². The van der Waals surface area contributed by atoms with Gasteiger partial charge in [0.25, 0.3) is 0 Å². The van der Waals surface area contributed by atoms with Crippen molar-refractivity contribution in [2.45, 2.75) is 0 Å². The summed E-state index contributed by atoms with van der Waals surface area (Å²) in [6, 6.07) is 16.4. The molecule has 1 aliphatic heterocycles. The average Bonchev–Trinajstić information content (AvgIpc) is 2.89. The largest absolute Gasteiger partial charge is 0.507 e. The topological polar surface area (TPSA) is 58.9 Å². The first kappa shape index (κ1) is 13.8. The Kier molecular flexibility index (Phi) is 3.83. The highest BCUT2D eigenvalue weighted by Gasteiger charge is 2.21. The van der Waals surface area contributed by atoms with Crippen molar-refractivity contribution in [1.29, 1.82) is 0 Å². The summed E-state index contributed by atoms with van der Waals surface area (Å²) >= 11 is 0. The Morgan fingerprint density at radius 2 is 1.68 bits per heavy atom. The second-order valence-electron chi connectivity index (χ2n) is 4.67. The van der Waals surface area contributed by atoms with Crippen LogP contribution in [-0.2, 0) is 9.53 Å². The van der Waals surface area contributed by atoms with E-state index < -0.39 is 5.97 Å². The molecule has 0 bridgehead atoms. The molecule has 108 valence electrons. The number of carbonyl (C=O) groups excluding carboxylic acids is 1. The molecule has 0 fully saturated rings. The highest BCUT2D eigenvalue weighted by Crippen LogP contribution is 2.22. The van der Waals surface area contributed by atoms with E-state index in [4.69, 9.17) is 4.74 Å². The SMILES string of the molecule is O=C1OC(/C=C\c2ccccc2)=NC/1=C\c1ccccc1O. The van der Waals surface area contributed by atoms with Crippen LogP contribution in [0.1, 0.15) is 11.1 Å². The molecule has 0 saturated heterocycles. The Morgan fingerprint density at radius 3 is 2.45 bits per heavy atom. The number of cyclic esters (lactones) is 1. The molecule has 2 aromatic carbocycles. The van der Waals surface area contributed by atoms with Crippen LogP contribution in [0.2, 0.25) is 0 Å². The smallest absolute Gasteiger partial charge is 0.363 e. The number of nitrogens with zero attached hydrogens (tertiary/aromatic N) is 1. The molecule has 0 saturated carbocycles. The minimum Gasteiger partial charge on any atom is -0.507 e. The van der Waals surface area contributed by atoms with Gasteiger partial charge >= 0.3 is 5.97 Å². The zero-order valence-electron chi connectivity index (χ0n) is 11.6. The third-order valence-electron chi connectivity index (χ3n) is 3.08. The van der Waals surface area contributed by atoms with E-state index in [0.717, 1.165) is 5.56 Å². The summed E-state index contributed by atoms with van der Waals surface area (Å²) in [6.07, 6.45) is 4.95. The summed E-state index contributed by atoms with van der Waals surface area (Å²) in [4.78, 5) is 15.9. The number of esters is 1. The molecule has 1 aliphatic rings. The minimum atomic E-state index is -0.532. The van der Waals surface area contributed by atoms with E-state index in [9.17, 15) is 9.90 Å². The van der Waals surface area contributed by atoms with Crippen LogP contribution in [0.15, 0.2) is 71.4 Å². The number of phenols is 1. The van der Waals surface area contributed by atoms with Gasteiger partial charge in [-0.15, -0.1) is 0 Å². The van der Waals surface area contributed by atoms with Crippen molar-refractivity contribution in [1.82, 2.24) is 0 Å². The van der Waals surface area contributed by atoms with E-state index in [2.05, 4.69) is 4.99 Å². The highest BCUT2D eigenvalue weighted by molar-refractivity contribution is 6.11. The molecule has 0 atom stereocenters. The molecule has 1 heterocycles. The first-order valence-electron chi connectivity index (χ1n) is 6.76. The highest BCUT2D eigenvalue weighted by atomic mass is 16.6. The monoisotopic (exact) mass is 291 g/mol. The summed E-state index contributed by atoms with van der Waals surface area (Å²) in [5, 5.41) is 9.72. The summed E-state index contributed by atoms with van der Waals surface area (Å²) in [6.45, 7) is 0. The van der Waals surface area contributed by atoms with Crippen LogP contribution in [-0.4, -0.2) is 17.0 Å². The lowest BCUT2D eigenvalue weighted by atomic mass is 10.1.